The molecule has 0 saturated heterocycles. The molecule has 0 aliphatic heterocycles. The Kier molecular flexibility index (Phi) is 7.42. The van der Waals surface area contributed by atoms with Crippen molar-refractivity contribution in [1.29, 1.82) is 0 Å². The van der Waals surface area contributed by atoms with Crippen molar-refractivity contribution in [1.82, 2.24) is 19.5 Å². The van der Waals surface area contributed by atoms with Crippen LogP contribution in [-0.2, 0) is 0 Å². The molecule has 0 radical (unpaired) electrons. The first kappa shape index (κ1) is 31.9. The highest BCUT2D eigenvalue weighted by atomic mass is 16.3. The van der Waals surface area contributed by atoms with Crippen molar-refractivity contribution in [2.45, 2.75) is 0 Å². The van der Waals surface area contributed by atoms with Crippen molar-refractivity contribution in [3.8, 4) is 62.1 Å². The van der Waals surface area contributed by atoms with Crippen molar-refractivity contribution in [2.24, 2.45) is 0 Å². The third-order valence-corrected chi connectivity index (χ3v) is 10.7. The zero-order chi connectivity index (χ0) is 37.0. The number of fused-ring (bicyclic) bond motifs is 6. The first-order valence-corrected chi connectivity index (χ1v) is 18.8. The lowest BCUT2D eigenvalue weighted by atomic mass is 10.0. The highest BCUT2D eigenvalue weighted by Gasteiger charge is 2.20. The van der Waals surface area contributed by atoms with Gasteiger partial charge in [-0.1, -0.05) is 152 Å². The van der Waals surface area contributed by atoms with E-state index in [1.807, 2.05) is 54.6 Å². The highest BCUT2D eigenvalue weighted by Crippen LogP contribution is 2.40. The predicted molar refractivity (Wildman–Crippen MR) is 229 cm³/mol. The Morgan fingerprint density at radius 2 is 0.857 bits per heavy atom. The molecule has 0 fully saturated rings. The predicted octanol–water partition coefficient (Wildman–Crippen LogP) is 13.2. The highest BCUT2D eigenvalue weighted by molar-refractivity contribution is 6.11. The first-order valence-electron chi connectivity index (χ1n) is 18.8. The molecule has 0 N–H and O–H groups in total. The second kappa shape index (κ2) is 13.0. The van der Waals surface area contributed by atoms with E-state index in [-0.39, 0.29) is 0 Å². The second-order valence-corrected chi connectivity index (χ2v) is 14.0. The van der Waals surface area contributed by atoms with Crippen LogP contribution in [0.25, 0.3) is 106 Å². The molecule has 5 heteroatoms. The molecule has 0 bridgehead atoms. The summed E-state index contributed by atoms with van der Waals surface area (Å²) < 4.78 is 8.68. The van der Waals surface area contributed by atoms with Gasteiger partial charge in [0.05, 0.1) is 16.7 Å². The molecule has 0 amide bonds. The van der Waals surface area contributed by atoms with Crippen LogP contribution in [-0.4, -0.2) is 19.5 Å². The van der Waals surface area contributed by atoms with Crippen molar-refractivity contribution >= 4 is 43.7 Å². The van der Waals surface area contributed by atoms with Crippen LogP contribution in [0.2, 0.25) is 0 Å². The summed E-state index contributed by atoms with van der Waals surface area (Å²) in [7, 11) is 0. The topological polar surface area (TPSA) is 56.7 Å². The fourth-order valence-electron chi connectivity index (χ4n) is 7.98. The summed E-state index contributed by atoms with van der Waals surface area (Å²) in [5, 5.41) is 4.54. The molecule has 0 aliphatic carbocycles. The molecular weight excluding hydrogens is 685 g/mol. The van der Waals surface area contributed by atoms with Crippen molar-refractivity contribution in [3.05, 3.63) is 194 Å². The van der Waals surface area contributed by atoms with E-state index in [9.17, 15) is 0 Å². The minimum atomic E-state index is 0.579. The number of hydrogen-bond acceptors (Lipinski definition) is 4. The third kappa shape index (κ3) is 5.37. The molecule has 8 aromatic carbocycles. The summed E-state index contributed by atoms with van der Waals surface area (Å²) in [5.74, 6) is 1.77. The lowest BCUT2D eigenvalue weighted by molar-refractivity contribution is 0.669. The lowest BCUT2D eigenvalue weighted by Gasteiger charge is -2.16. The Hall–Kier alpha value is -7.63. The van der Waals surface area contributed by atoms with Crippen LogP contribution >= 0.6 is 0 Å². The third-order valence-electron chi connectivity index (χ3n) is 10.7. The molecule has 56 heavy (non-hydrogen) atoms. The molecule has 0 saturated carbocycles. The lowest BCUT2D eigenvalue weighted by Crippen LogP contribution is -2.02. The number of para-hydroxylation sites is 2. The fourth-order valence-corrected chi connectivity index (χ4v) is 7.98. The SMILES string of the molecule is c1ccc(-c2ccc3c(c2)c2ccccc2n3-c2cc(-c3nc(-c4ccccc4)nc(-c4ccc5c(c4)oc4ccccc45)n3)ccc2-c2ccccc2)cc1. The maximum absolute atomic E-state index is 6.29. The average molecular weight is 717 g/mol. The standard InChI is InChI=1S/C51H32N4O/c1-4-14-33(15-5-1)36-26-29-45-43(30-36)40-20-10-12-22-44(40)55(45)46-31-37(24-27-39(46)34-16-6-2-7-17-34)50-52-49(35-18-8-3-9-19-35)53-51(54-50)38-25-28-42-41-21-11-13-23-47(41)56-48(42)32-38/h1-32H. The van der Waals surface area contributed by atoms with Crippen LogP contribution in [0.3, 0.4) is 0 Å². The number of benzene rings is 8. The van der Waals surface area contributed by atoms with Crippen LogP contribution in [0.15, 0.2) is 199 Å². The number of rotatable bonds is 6. The van der Waals surface area contributed by atoms with Gasteiger partial charge in [0.2, 0.25) is 0 Å². The second-order valence-electron chi connectivity index (χ2n) is 14.0. The van der Waals surface area contributed by atoms with Crippen LogP contribution in [0.1, 0.15) is 0 Å². The van der Waals surface area contributed by atoms with Crippen molar-refractivity contribution in [3.63, 3.8) is 0 Å². The molecule has 3 aromatic heterocycles. The summed E-state index contributed by atoms with van der Waals surface area (Å²) in [4.78, 5) is 15.4. The molecule has 0 spiro atoms. The van der Waals surface area contributed by atoms with Crippen molar-refractivity contribution in [2.75, 3.05) is 0 Å². The molecule has 0 aliphatic rings. The van der Waals surface area contributed by atoms with Gasteiger partial charge in [-0.15, -0.1) is 0 Å². The maximum atomic E-state index is 6.29. The quantitative estimate of drug-likeness (QED) is 0.172. The van der Waals surface area contributed by atoms with Gasteiger partial charge in [0, 0.05) is 43.8 Å². The van der Waals surface area contributed by atoms with Crippen LogP contribution in [0.4, 0.5) is 0 Å². The summed E-state index contributed by atoms with van der Waals surface area (Å²) in [6.07, 6.45) is 0. The van der Waals surface area contributed by atoms with E-state index in [0.29, 0.717) is 17.5 Å². The smallest absolute Gasteiger partial charge is 0.164 e. The summed E-state index contributed by atoms with van der Waals surface area (Å²) in [6, 6.07) is 67.6. The Bertz CT molecular complexity index is 3240. The minimum Gasteiger partial charge on any atom is -0.456 e. The zero-order valence-corrected chi connectivity index (χ0v) is 30.2. The van der Waals surface area contributed by atoms with Gasteiger partial charge in [0.15, 0.2) is 17.5 Å². The Labute approximate surface area is 322 Å². The van der Waals surface area contributed by atoms with Gasteiger partial charge in [-0.2, -0.15) is 0 Å². The molecule has 5 nitrogen and oxygen atoms in total. The Morgan fingerprint density at radius 3 is 1.61 bits per heavy atom. The molecule has 11 rings (SSSR count). The fraction of sp³-hybridized carbons (Fsp3) is 0. The summed E-state index contributed by atoms with van der Waals surface area (Å²) in [5.41, 5.74) is 12.2. The molecule has 3 heterocycles. The van der Waals surface area contributed by atoms with E-state index < -0.39 is 0 Å². The number of nitrogens with zero attached hydrogens (tertiary/aromatic N) is 4. The molecule has 0 unspecified atom stereocenters. The first-order chi connectivity index (χ1) is 27.7. The van der Waals surface area contributed by atoms with E-state index in [0.717, 1.165) is 66.5 Å². The van der Waals surface area contributed by atoms with Crippen LogP contribution in [0.5, 0.6) is 0 Å². The Balaban J connectivity index is 1.14. The van der Waals surface area contributed by atoms with E-state index in [1.165, 1.54) is 21.9 Å². The summed E-state index contributed by atoms with van der Waals surface area (Å²) in [6.45, 7) is 0. The van der Waals surface area contributed by atoms with E-state index in [4.69, 9.17) is 19.4 Å². The molecule has 0 atom stereocenters. The minimum absolute atomic E-state index is 0.579. The van der Waals surface area contributed by atoms with Gasteiger partial charge in [-0.25, -0.2) is 15.0 Å². The van der Waals surface area contributed by atoms with Gasteiger partial charge in [0.25, 0.3) is 0 Å². The van der Waals surface area contributed by atoms with Gasteiger partial charge in [-0.3, -0.25) is 0 Å². The number of hydrogen-bond donors (Lipinski definition) is 0. The number of aromatic nitrogens is 4. The molecular formula is C51H32N4O. The van der Waals surface area contributed by atoms with E-state index in [1.54, 1.807) is 0 Å². The van der Waals surface area contributed by atoms with Crippen molar-refractivity contribution < 1.29 is 4.42 Å². The Morgan fingerprint density at radius 1 is 0.321 bits per heavy atom. The normalized spacial score (nSPS) is 11.6. The van der Waals surface area contributed by atoms with Gasteiger partial charge >= 0.3 is 0 Å². The number of furan rings is 1. The van der Waals surface area contributed by atoms with Gasteiger partial charge < -0.3 is 8.98 Å². The van der Waals surface area contributed by atoms with Gasteiger partial charge in [-0.05, 0) is 59.2 Å². The average Bonchev–Trinajstić information content (AvgIpc) is 3.82. The van der Waals surface area contributed by atoms with E-state index in [2.05, 4.69) is 144 Å². The van der Waals surface area contributed by atoms with Crippen LogP contribution < -0.4 is 0 Å². The van der Waals surface area contributed by atoms with Crippen LogP contribution in [0, 0.1) is 0 Å². The van der Waals surface area contributed by atoms with Gasteiger partial charge in [0.1, 0.15) is 11.2 Å². The van der Waals surface area contributed by atoms with E-state index >= 15 is 0 Å². The molecule has 11 aromatic rings. The molecule has 262 valence electrons. The zero-order valence-electron chi connectivity index (χ0n) is 30.2. The maximum Gasteiger partial charge on any atom is 0.164 e. The summed E-state index contributed by atoms with van der Waals surface area (Å²) >= 11 is 0. The largest absolute Gasteiger partial charge is 0.456 e. The monoisotopic (exact) mass is 716 g/mol.